The molecular formula is C24H24F2N2O. The number of allylic oxidation sites excluding steroid dienone is 2. The highest BCUT2D eigenvalue weighted by Crippen LogP contribution is 2.32. The first-order valence-electron chi connectivity index (χ1n) is 10.0. The molecule has 2 aliphatic rings. The van der Waals surface area contributed by atoms with Gasteiger partial charge >= 0.3 is 0 Å². The van der Waals surface area contributed by atoms with Gasteiger partial charge in [0, 0.05) is 12.3 Å². The van der Waals surface area contributed by atoms with Crippen LogP contribution in [0.2, 0.25) is 0 Å². The van der Waals surface area contributed by atoms with Crippen molar-refractivity contribution in [2.75, 3.05) is 6.61 Å². The maximum absolute atomic E-state index is 13.9. The summed E-state index contributed by atoms with van der Waals surface area (Å²) in [6, 6.07) is 8.32. The minimum atomic E-state index is -0.370. The van der Waals surface area contributed by atoms with E-state index in [1.54, 1.807) is 12.1 Å². The van der Waals surface area contributed by atoms with Crippen LogP contribution < -0.4 is 4.74 Å². The van der Waals surface area contributed by atoms with E-state index < -0.39 is 0 Å². The summed E-state index contributed by atoms with van der Waals surface area (Å²) in [5, 5.41) is 0. The average Bonchev–Trinajstić information content (AvgIpc) is 2.71. The van der Waals surface area contributed by atoms with E-state index >= 15 is 0 Å². The van der Waals surface area contributed by atoms with Gasteiger partial charge < -0.3 is 4.74 Å². The molecule has 3 nitrogen and oxygen atoms in total. The summed E-state index contributed by atoms with van der Waals surface area (Å²) in [5.74, 6) is 0.247. The Kier molecular flexibility index (Phi) is 5.84. The number of ether oxygens (including phenoxy) is 1. The zero-order valence-electron chi connectivity index (χ0n) is 16.4. The number of aromatic nitrogens is 1. The molecule has 2 unspecified atom stereocenters. The lowest BCUT2D eigenvalue weighted by Crippen LogP contribution is -2.24. The van der Waals surface area contributed by atoms with E-state index in [0.29, 0.717) is 24.0 Å². The summed E-state index contributed by atoms with van der Waals surface area (Å²) in [6.07, 6.45) is 11.3. The van der Waals surface area contributed by atoms with Crippen molar-refractivity contribution in [1.29, 1.82) is 0 Å². The van der Waals surface area contributed by atoms with E-state index in [1.807, 2.05) is 19.2 Å². The fourth-order valence-corrected chi connectivity index (χ4v) is 4.00. The van der Waals surface area contributed by atoms with Crippen molar-refractivity contribution in [3.8, 4) is 5.88 Å². The maximum Gasteiger partial charge on any atom is 0.213 e. The van der Waals surface area contributed by atoms with E-state index in [1.165, 1.54) is 17.7 Å². The van der Waals surface area contributed by atoms with Crippen molar-refractivity contribution in [1.82, 2.24) is 4.98 Å². The zero-order chi connectivity index (χ0) is 20.2. The lowest BCUT2D eigenvalue weighted by molar-refractivity contribution is 0.319. The van der Waals surface area contributed by atoms with Crippen LogP contribution in [0, 0.1) is 24.5 Å². The Bertz CT molecular complexity index is 963. The third kappa shape index (κ3) is 4.61. The van der Waals surface area contributed by atoms with Crippen LogP contribution in [-0.2, 0) is 0 Å². The van der Waals surface area contributed by atoms with Gasteiger partial charge in [0.05, 0.1) is 12.2 Å². The Labute approximate surface area is 169 Å². The Morgan fingerprint density at radius 2 is 2.03 bits per heavy atom. The van der Waals surface area contributed by atoms with Gasteiger partial charge in [-0.2, -0.15) is 0 Å². The van der Waals surface area contributed by atoms with Crippen molar-refractivity contribution < 1.29 is 13.5 Å². The van der Waals surface area contributed by atoms with Gasteiger partial charge in [-0.1, -0.05) is 24.3 Å². The summed E-state index contributed by atoms with van der Waals surface area (Å²) in [6.45, 7) is 2.28. The number of benzene rings is 1. The lowest BCUT2D eigenvalue weighted by atomic mass is 9.82. The van der Waals surface area contributed by atoms with Crippen LogP contribution in [0.1, 0.15) is 36.8 Å². The topological polar surface area (TPSA) is 34.5 Å². The van der Waals surface area contributed by atoms with Crippen molar-refractivity contribution in [3.63, 3.8) is 0 Å². The van der Waals surface area contributed by atoms with Crippen LogP contribution in [0.3, 0.4) is 0 Å². The largest absolute Gasteiger partial charge is 0.473 e. The van der Waals surface area contributed by atoms with Crippen LogP contribution in [0.5, 0.6) is 5.88 Å². The predicted octanol–water partition coefficient (Wildman–Crippen LogP) is 5.70. The quantitative estimate of drug-likeness (QED) is 0.624. The van der Waals surface area contributed by atoms with Gasteiger partial charge in [0.15, 0.2) is 0 Å². The number of hydrogen-bond acceptors (Lipinski definition) is 3. The third-order valence-corrected chi connectivity index (χ3v) is 5.66. The minimum absolute atomic E-state index is 0.183. The molecule has 1 aromatic carbocycles. The predicted molar refractivity (Wildman–Crippen MR) is 111 cm³/mol. The van der Waals surface area contributed by atoms with Crippen molar-refractivity contribution in [2.45, 2.75) is 38.6 Å². The summed E-state index contributed by atoms with van der Waals surface area (Å²) < 4.78 is 32.6. The highest BCUT2D eigenvalue weighted by molar-refractivity contribution is 6.10. The average molecular weight is 394 g/mol. The van der Waals surface area contributed by atoms with Gasteiger partial charge in [0.25, 0.3) is 0 Å². The first-order chi connectivity index (χ1) is 14.1. The van der Waals surface area contributed by atoms with Gasteiger partial charge in [0.1, 0.15) is 18.2 Å². The van der Waals surface area contributed by atoms with Gasteiger partial charge in [-0.15, -0.1) is 0 Å². The SMILES string of the molecule is Cc1c(F)cccc1C1=C/CCC2C=C(COc3ccc(F)cn3)CCC2/N=C\1. The minimum Gasteiger partial charge on any atom is -0.473 e. The van der Waals surface area contributed by atoms with E-state index in [4.69, 9.17) is 9.73 Å². The monoisotopic (exact) mass is 394 g/mol. The van der Waals surface area contributed by atoms with Gasteiger partial charge in [-0.05, 0) is 72.9 Å². The zero-order valence-corrected chi connectivity index (χ0v) is 16.4. The number of fused-ring (bicyclic) bond motifs is 1. The summed E-state index contributed by atoms with van der Waals surface area (Å²) in [7, 11) is 0. The van der Waals surface area contributed by atoms with Crippen LogP contribution in [0.25, 0.3) is 5.57 Å². The molecular weight excluding hydrogens is 370 g/mol. The van der Waals surface area contributed by atoms with Crippen LogP contribution in [-0.4, -0.2) is 23.8 Å². The normalized spacial score (nSPS) is 24.4. The molecule has 1 aromatic heterocycles. The molecule has 0 saturated heterocycles. The third-order valence-electron chi connectivity index (χ3n) is 5.66. The molecule has 2 heterocycles. The fraction of sp³-hybridized carbons (Fsp3) is 0.333. The second kappa shape index (κ2) is 8.68. The summed E-state index contributed by atoms with van der Waals surface area (Å²) in [5.41, 5.74) is 3.82. The summed E-state index contributed by atoms with van der Waals surface area (Å²) in [4.78, 5) is 8.78. The highest BCUT2D eigenvalue weighted by Gasteiger charge is 2.25. The molecule has 0 spiro atoms. The fourth-order valence-electron chi connectivity index (χ4n) is 4.00. The molecule has 1 aliphatic heterocycles. The number of nitrogens with zero attached hydrogens (tertiary/aromatic N) is 2. The maximum atomic E-state index is 13.9. The second-order valence-corrected chi connectivity index (χ2v) is 7.63. The van der Waals surface area contributed by atoms with E-state index in [0.717, 1.165) is 43.0 Å². The van der Waals surface area contributed by atoms with Gasteiger partial charge in [0.2, 0.25) is 5.88 Å². The van der Waals surface area contributed by atoms with Crippen molar-refractivity contribution >= 4 is 11.8 Å². The van der Waals surface area contributed by atoms with Gasteiger partial charge in [-0.25, -0.2) is 13.8 Å². The number of rotatable bonds is 4. The standard InChI is InChI=1S/C24H24F2N2O/c1-16-21(6-3-7-22(16)26)19-5-2-4-18-12-17(8-10-23(18)27-13-19)15-29-24-11-9-20(25)14-28-24/h3,5-7,9,11-14,18,23H,2,4,8,10,15H2,1H3/b19-5+,27-13-. The molecule has 2 aromatic rings. The molecule has 0 fully saturated rings. The molecule has 150 valence electrons. The molecule has 4 rings (SSSR count). The molecule has 0 N–H and O–H groups in total. The van der Waals surface area contributed by atoms with Crippen LogP contribution in [0.15, 0.2) is 59.2 Å². The molecule has 1 aliphatic carbocycles. The lowest BCUT2D eigenvalue weighted by Gasteiger charge is -2.28. The molecule has 0 amide bonds. The van der Waals surface area contributed by atoms with Crippen molar-refractivity contribution in [2.24, 2.45) is 10.9 Å². The number of aliphatic imine (C=N–C) groups is 1. The molecule has 0 bridgehead atoms. The number of hydrogen-bond donors (Lipinski definition) is 0. The Hall–Kier alpha value is -2.82. The first-order valence-corrected chi connectivity index (χ1v) is 10.0. The first kappa shape index (κ1) is 19.5. The Morgan fingerprint density at radius 3 is 2.86 bits per heavy atom. The molecule has 0 radical (unpaired) electrons. The van der Waals surface area contributed by atoms with Gasteiger partial charge in [-0.3, -0.25) is 4.99 Å². The van der Waals surface area contributed by atoms with Crippen LogP contribution >= 0.6 is 0 Å². The second-order valence-electron chi connectivity index (χ2n) is 7.63. The molecule has 2 atom stereocenters. The van der Waals surface area contributed by atoms with Crippen LogP contribution in [0.4, 0.5) is 8.78 Å². The Morgan fingerprint density at radius 1 is 1.14 bits per heavy atom. The van der Waals surface area contributed by atoms with E-state index in [2.05, 4.69) is 17.1 Å². The van der Waals surface area contributed by atoms with Crippen molar-refractivity contribution in [3.05, 3.63) is 77.0 Å². The highest BCUT2D eigenvalue weighted by atomic mass is 19.1. The van der Waals surface area contributed by atoms with E-state index in [9.17, 15) is 8.78 Å². The number of halogens is 2. The smallest absolute Gasteiger partial charge is 0.213 e. The molecule has 0 saturated carbocycles. The molecule has 5 heteroatoms. The Balaban J connectivity index is 1.43. The number of pyridine rings is 1. The molecule has 29 heavy (non-hydrogen) atoms. The summed E-state index contributed by atoms with van der Waals surface area (Å²) >= 11 is 0. The van der Waals surface area contributed by atoms with E-state index in [-0.39, 0.29) is 17.7 Å².